The van der Waals surface area contributed by atoms with E-state index in [1.807, 2.05) is 0 Å². The molecule has 0 atom stereocenters. The summed E-state index contributed by atoms with van der Waals surface area (Å²) in [6.07, 6.45) is 8.25. The van der Waals surface area contributed by atoms with Gasteiger partial charge in [-0.25, -0.2) is 4.98 Å². The van der Waals surface area contributed by atoms with E-state index in [4.69, 9.17) is 0 Å². The van der Waals surface area contributed by atoms with Crippen LogP contribution in [0.1, 0.15) is 0 Å². The number of hydrogen-bond acceptors (Lipinski definition) is 3. The molecule has 5 nitrogen and oxygen atoms in total. The van der Waals surface area contributed by atoms with Gasteiger partial charge in [0.15, 0.2) is 0 Å². The van der Waals surface area contributed by atoms with Crippen molar-refractivity contribution in [2.45, 2.75) is 0 Å². The first-order valence-electron chi connectivity index (χ1n) is 2.72. The lowest BCUT2D eigenvalue weighted by molar-refractivity contribution is 0.940. The molecule has 0 unspecified atom stereocenters. The van der Waals surface area contributed by atoms with Crippen molar-refractivity contribution in [1.29, 1.82) is 0 Å². The first-order valence-corrected chi connectivity index (χ1v) is 2.72. The summed E-state index contributed by atoms with van der Waals surface area (Å²) in [5.41, 5.74) is 0. The van der Waals surface area contributed by atoms with Gasteiger partial charge in [-0.3, -0.25) is 0 Å². The molecule has 0 aromatic carbocycles. The topological polar surface area (TPSA) is 70.2 Å². The van der Waals surface area contributed by atoms with E-state index in [2.05, 4.69) is 25.4 Å². The summed E-state index contributed by atoms with van der Waals surface area (Å²) in [7, 11) is 0. The summed E-state index contributed by atoms with van der Waals surface area (Å²) in [4.78, 5) is 6.42. The molecule has 2 aromatic heterocycles. The highest BCUT2D eigenvalue weighted by molar-refractivity contribution is 4.64. The predicted octanol–water partition coefficient (Wildman–Crippen LogP) is 0.214. The summed E-state index contributed by atoms with van der Waals surface area (Å²) < 4.78 is 0. The molecule has 52 valence electrons. The number of H-pyrrole nitrogens is 2. The standard InChI is InChI=1S/C3H4N2.C2H3N3/c1-2-5-3-4-1;1-2-4-5-3-1/h1-3H,(H,4,5);1-2H,(H,3,4,5). The van der Waals surface area contributed by atoms with Gasteiger partial charge in [0.05, 0.1) is 18.7 Å². The zero-order valence-corrected chi connectivity index (χ0v) is 5.23. The van der Waals surface area contributed by atoms with Crippen molar-refractivity contribution in [1.82, 2.24) is 25.4 Å². The maximum absolute atomic E-state index is 3.67. The van der Waals surface area contributed by atoms with Crippen molar-refractivity contribution in [2.24, 2.45) is 0 Å². The van der Waals surface area contributed by atoms with Crippen molar-refractivity contribution in [3.63, 3.8) is 0 Å². The average Bonchev–Trinajstić information content (AvgIpc) is 2.67. The van der Waals surface area contributed by atoms with Crippen molar-refractivity contribution in [3.05, 3.63) is 31.1 Å². The van der Waals surface area contributed by atoms with Crippen LogP contribution < -0.4 is 0 Å². The number of aromatic amines is 2. The molecular weight excluding hydrogens is 130 g/mol. The fraction of sp³-hybridized carbons (Fsp3) is 0. The van der Waals surface area contributed by atoms with E-state index in [0.717, 1.165) is 0 Å². The van der Waals surface area contributed by atoms with E-state index < -0.39 is 0 Å². The summed E-state index contributed by atoms with van der Waals surface area (Å²) in [5.74, 6) is 0. The maximum atomic E-state index is 3.67. The Morgan fingerprint density at radius 1 is 1.00 bits per heavy atom. The number of nitrogens with zero attached hydrogens (tertiary/aromatic N) is 3. The van der Waals surface area contributed by atoms with Gasteiger partial charge < -0.3 is 4.98 Å². The van der Waals surface area contributed by atoms with Crippen molar-refractivity contribution < 1.29 is 0 Å². The first kappa shape index (κ1) is 6.47. The molecule has 0 amide bonds. The zero-order valence-electron chi connectivity index (χ0n) is 5.23. The first-order chi connectivity index (χ1) is 5.00. The van der Waals surface area contributed by atoms with E-state index >= 15 is 0 Å². The molecule has 2 rings (SSSR count). The minimum atomic E-state index is 1.58. The predicted molar refractivity (Wildman–Crippen MR) is 35.0 cm³/mol. The molecule has 0 aliphatic carbocycles. The van der Waals surface area contributed by atoms with Crippen LogP contribution in [0.5, 0.6) is 0 Å². The van der Waals surface area contributed by atoms with Crippen LogP contribution in [0.4, 0.5) is 0 Å². The summed E-state index contributed by atoms with van der Waals surface area (Å²) >= 11 is 0. The molecule has 0 aliphatic heterocycles. The highest BCUT2D eigenvalue weighted by Gasteiger charge is 1.57. The van der Waals surface area contributed by atoms with Gasteiger partial charge in [-0.1, -0.05) is 0 Å². The minimum Gasteiger partial charge on any atom is -0.351 e. The van der Waals surface area contributed by atoms with Gasteiger partial charge in [0, 0.05) is 12.4 Å². The van der Waals surface area contributed by atoms with Crippen LogP contribution in [0.25, 0.3) is 0 Å². The number of rotatable bonds is 0. The van der Waals surface area contributed by atoms with Gasteiger partial charge in [0.1, 0.15) is 0 Å². The number of hydrogen-bond donors (Lipinski definition) is 2. The summed E-state index contributed by atoms with van der Waals surface area (Å²) in [5, 5.41) is 9.33. The Bertz CT molecular complexity index is 149. The van der Waals surface area contributed by atoms with Crippen LogP contribution in [0.15, 0.2) is 31.1 Å². The molecule has 10 heavy (non-hydrogen) atoms. The Labute approximate surface area is 57.5 Å². The second kappa shape index (κ2) is 4.25. The van der Waals surface area contributed by atoms with Crippen LogP contribution >= 0.6 is 0 Å². The van der Waals surface area contributed by atoms with Crippen LogP contribution in [0, 0.1) is 0 Å². The van der Waals surface area contributed by atoms with Gasteiger partial charge in [-0.2, -0.15) is 15.4 Å². The third-order valence-corrected chi connectivity index (χ3v) is 0.737. The van der Waals surface area contributed by atoms with E-state index in [9.17, 15) is 0 Å². The summed E-state index contributed by atoms with van der Waals surface area (Å²) in [6, 6.07) is 0. The highest BCUT2D eigenvalue weighted by Crippen LogP contribution is 1.62. The SMILES string of the molecule is c1c[nH]cn1.c1cn[nH]n1. The van der Waals surface area contributed by atoms with Crippen molar-refractivity contribution in [3.8, 4) is 0 Å². The maximum Gasteiger partial charge on any atom is 0.0919 e. The minimum absolute atomic E-state index is 1.58. The van der Waals surface area contributed by atoms with E-state index in [1.54, 1.807) is 31.1 Å². The van der Waals surface area contributed by atoms with E-state index in [-0.39, 0.29) is 0 Å². The Morgan fingerprint density at radius 2 is 1.80 bits per heavy atom. The third-order valence-electron chi connectivity index (χ3n) is 0.737. The Hall–Kier alpha value is -1.65. The molecule has 0 saturated carbocycles. The molecule has 0 saturated heterocycles. The quantitative estimate of drug-likeness (QED) is 0.545. The number of aromatic nitrogens is 5. The zero-order chi connectivity index (χ0) is 7.07. The van der Waals surface area contributed by atoms with Crippen LogP contribution in [0.2, 0.25) is 0 Å². The molecule has 0 radical (unpaired) electrons. The van der Waals surface area contributed by atoms with Crippen molar-refractivity contribution in [2.75, 3.05) is 0 Å². The van der Waals surface area contributed by atoms with Gasteiger partial charge >= 0.3 is 0 Å². The van der Waals surface area contributed by atoms with Crippen LogP contribution in [0.3, 0.4) is 0 Å². The molecule has 0 aliphatic rings. The van der Waals surface area contributed by atoms with Gasteiger partial charge in [0.25, 0.3) is 0 Å². The summed E-state index contributed by atoms with van der Waals surface area (Å²) in [6.45, 7) is 0. The lowest BCUT2D eigenvalue weighted by Crippen LogP contribution is -1.61. The fourth-order valence-corrected chi connectivity index (χ4v) is 0.382. The van der Waals surface area contributed by atoms with E-state index in [1.165, 1.54) is 0 Å². The molecule has 0 fully saturated rings. The smallest absolute Gasteiger partial charge is 0.0919 e. The van der Waals surface area contributed by atoms with Crippen molar-refractivity contribution >= 4 is 0 Å². The molecule has 2 aromatic rings. The largest absolute Gasteiger partial charge is 0.351 e. The highest BCUT2D eigenvalue weighted by atomic mass is 15.3. The van der Waals surface area contributed by atoms with Crippen LogP contribution in [-0.2, 0) is 0 Å². The molecule has 5 heteroatoms. The number of nitrogens with one attached hydrogen (secondary N) is 2. The monoisotopic (exact) mass is 137 g/mol. The fourth-order valence-electron chi connectivity index (χ4n) is 0.382. The Morgan fingerprint density at radius 3 is 2.00 bits per heavy atom. The second-order valence-electron chi connectivity index (χ2n) is 1.42. The Kier molecular flexibility index (Phi) is 2.75. The van der Waals surface area contributed by atoms with Gasteiger partial charge in [-0.05, 0) is 0 Å². The number of imidazole rings is 1. The molecule has 0 spiro atoms. The second-order valence-corrected chi connectivity index (χ2v) is 1.42. The molecular formula is C5H7N5. The van der Waals surface area contributed by atoms with E-state index in [0.29, 0.717) is 0 Å². The van der Waals surface area contributed by atoms with Crippen LogP contribution in [-0.4, -0.2) is 25.4 Å². The third kappa shape index (κ3) is 2.61. The van der Waals surface area contributed by atoms with Gasteiger partial charge in [0.2, 0.25) is 0 Å². The average molecular weight is 137 g/mol. The normalized spacial score (nSPS) is 8.00. The lowest BCUT2D eigenvalue weighted by Gasteiger charge is -1.48. The lowest BCUT2D eigenvalue weighted by atomic mass is 11.0. The Balaban J connectivity index is 0.0000001000. The molecule has 2 heterocycles. The molecule has 2 N–H and O–H groups in total. The molecule has 0 bridgehead atoms. The van der Waals surface area contributed by atoms with Gasteiger partial charge in [-0.15, -0.1) is 0 Å².